The van der Waals surface area contributed by atoms with E-state index in [2.05, 4.69) is 30.5 Å². The Kier molecular flexibility index (Phi) is 4.77. The largest absolute Gasteiger partial charge is 0.308 e. The molecule has 31 heavy (non-hydrogen) atoms. The van der Waals surface area contributed by atoms with E-state index in [0.29, 0.717) is 23.1 Å². The molecule has 0 aliphatic rings. The summed E-state index contributed by atoms with van der Waals surface area (Å²) in [4.78, 5) is 28.3. The Morgan fingerprint density at radius 3 is 2.29 bits per heavy atom. The molecule has 6 nitrogen and oxygen atoms in total. The zero-order valence-corrected chi connectivity index (χ0v) is 18.0. The molecule has 0 fully saturated rings. The molecule has 5 aromatic rings. The van der Waals surface area contributed by atoms with Gasteiger partial charge in [-0.3, -0.25) is 9.36 Å². The topological polar surface area (TPSA) is 65.6 Å². The van der Waals surface area contributed by atoms with Gasteiger partial charge in [0, 0.05) is 12.6 Å². The first kappa shape index (κ1) is 19.4. The summed E-state index contributed by atoms with van der Waals surface area (Å²) in [5.74, 6) is 0.722. The number of aromatic nitrogens is 5. The summed E-state index contributed by atoms with van der Waals surface area (Å²) in [5, 5.41) is 0.562. The van der Waals surface area contributed by atoms with Gasteiger partial charge >= 0.3 is 0 Å². The summed E-state index contributed by atoms with van der Waals surface area (Å²) in [5.41, 5.74) is 4.82. The Morgan fingerprint density at radius 2 is 1.58 bits per heavy atom. The first-order valence-electron chi connectivity index (χ1n) is 10.8. The lowest BCUT2D eigenvalue weighted by molar-refractivity contribution is 0.496. The maximum absolute atomic E-state index is 13.6. The minimum Gasteiger partial charge on any atom is -0.308 e. The van der Waals surface area contributed by atoms with Crippen molar-refractivity contribution in [3.8, 4) is 0 Å². The molecule has 0 saturated carbocycles. The molecule has 2 aromatic carbocycles. The maximum atomic E-state index is 13.6. The minimum atomic E-state index is -0.0371. The Labute approximate surface area is 180 Å². The van der Waals surface area contributed by atoms with Crippen molar-refractivity contribution < 1.29 is 0 Å². The zero-order chi connectivity index (χ0) is 21.5. The molecule has 3 aromatic heterocycles. The molecule has 0 N–H and O–H groups in total. The van der Waals surface area contributed by atoms with Gasteiger partial charge < -0.3 is 4.57 Å². The van der Waals surface area contributed by atoms with Crippen LogP contribution in [0.2, 0.25) is 0 Å². The molecule has 0 unspecified atom stereocenters. The van der Waals surface area contributed by atoms with E-state index in [4.69, 9.17) is 15.0 Å². The van der Waals surface area contributed by atoms with Gasteiger partial charge in [-0.25, -0.2) is 15.0 Å². The van der Waals surface area contributed by atoms with Crippen LogP contribution in [0.3, 0.4) is 0 Å². The number of nitrogens with zero attached hydrogens (tertiary/aromatic N) is 5. The molecule has 0 spiro atoms. The highest BCUT2D eigenvalue weighted by molar-refractivity contribution is 6.04. The van der Waals surface area contributed by atoms with Crippen molar-refractivity contribution in [3.63, 3.8) is 0 Å². The molecule has 0 radical (unpaired) electrons. The van der Waals surface area contributed by atoms with Crippen LogP contribution in [0.4, 0.5) is 0 Å². The molecular formula is C25H25N5O. The second kappa shape index (κ2) is 7.61. The van der Waals surface area contributed by atoms with Gasteiger partial charge in [-0.15, -0.1) is 0 Å². The van der Waals surface area contributed by atoms with E-state index >= 15 is 0 Å². The monoisotopic (exact) mass is 411 g/mol. The van der Waals surface area contributed by atoms with Crippen LogP contribution in [0.15, 0.2) is 59.4 Å². The number of fused-ring (bicyclic) bond motifs is 4. The summed E-state index contributed by atoms with van der Waals surface area (Å²) in [6, 6.07) is 18.2. The molecule has 0 aliphatic carbocycles. The van der Waals surface area contributed by atoms with Crippen LogP contribution < -0.4 is 5.56 Å². The van der Waals surface area contributed by atoms with Crippen LogP contribution in [0.25, 0.3) is 33.2 Å². The average Bonchev–Trinajstić information content (AvgIpc) is 3.08. The van der Waals surface area contributed by atoms with Crippen molar-refractivity contribution in [2.75, 3.05) is 0 Å². The Bertz CT molecular complexity index is 1470. The van der Waals surface area contributed by atoms with E-state index in [1.165, 1.54) is 5.56 Å². The number of para-hydroxylation sites is 2. The first-order chi connectivity index (χ1) is 15.1. The van der Waals surface area contributed by atoms with Gasteiger partial charge in [-0.2, -0.15) is 0 Å². The van der Waals surface area contributed by atoms with E-state index in [1.54, 1.807) is 4.57 Å². The number of benzene rings is 2. The van der Waals surface area contributed by atoms with Crippen LogP contribution in [-0.2, 0) is 13.0 Å². The van der Waals surface area contributed by atoms with Crippen LogP contribution in [0.1, 0.15) is 37.7 Å². The summed E-state index contributed by atoms with van der Waals surface area (Å²) in [6.45, 7) is 6.72. The van der Waals surface area contributed by atoms with Crippen molar-refractivity contribution in [1.29, 1.82) is 0 Å². The smallest absolute Gasteiger partial charge is 0.265 e. The van der Waals surface area contributed by atoms with Gasteiger partial charge in [-0.1, -0.05) is 49.4 Å². The predicted octanol–water partition coefficient (Wildman–Crippen LogP) is 4.82. The molecule has 0 bridgehead atoms. The van der Waals surface area contributed by atoms with Crippen molar-refractivity contribution in [2.45, 2.75) is 46.2 Å². The Hall–Kier alpha value is -3.54. The van der Waals surface area contributed by atoms with Crippen molar-refractivity contribution in [2.24, 2.45) is 0 Å². The predicted molar refractivity (Wildman–Crippen MR) is 124 cm³/mol. The summed E-state index contributed by atoms with van der Waals surface area (Å²) >= 11 is 0. The van der Waals surface area contributed by atoms with Crippen LogP contribution in [-0.4, -0.2) is 24.1 Å². The quantitative estimate of drug-likeness (QED) is 0.416. The maximum Gasteiger partial charge on any atom is 0.265 e. The molecule has 6 heteroatoms. The van der Waals surface area contributed by atoms with Gasteiger partial charge in [0.25, 0.3) is 5.56 Å². The third kappa shape index (κ3) is 3.19. The second-order valence-corrected chi connectivity index (χ2v) is 8.06. The van der Waals surface area contributed by atoms with Crippen molar-refractivity contribution in [1.82, 2.24) is 24.1 Å². The third-order valence-corrected chi connectivity index (χ3v) is 6.07. The Balaban J connectivity index is 1.82. The normalized spacial score (nSPS) is 12.7. The summed E-state index contributed by atoms with van der Waals surface area (Å²) < 4.78 is 3.85. The van der Waals surface area contributed by atoms with Crippen LogP contribution in [0, 0.1) is 6.92 Å². The highest BCUT2D eigenvalue weighted by atomic mass is 16.1. The molecule has 0 aliphatic heterocycles. The van der Waals surface area contributed by atoms with Gasteiger partial charge in [0.2, 0.25) is 0 Å². The van der Waals surface area contributed by atoms with Gasteiger partial charge in [0.05, 0.1) is 11.0 Å². The molecule has 1 atom stereocenters. The average molecular weight is 412 g/mol. The molecule has 3 heterocycles. The molecule has 0 saturated heterocycles. The first-order valence-corrected chi connectivity index (χ1v) is 10.8. The SMILES string of the molecule is CC[C@H](C)n1c(C)nc2c(c1=O)c1nc3ccccc3nc1n2CCc1ccccc1. The zero-order valence-electron chi connectivity index (χ0n) is 18.0. The molecule has 5 rings (SSSR count). The van der Waals surface area contributed by atoms with E-state index in [9.17, 15) is 4.79 Å². The van der Waals surface area contributed by atoms with Crippen LogP contribution >= 0.6 is 0 Å². The van der Waals surface area contributed by atoms with Crippen molar-refractivity contribution in [3.05, 3.63) is 76.3 Å². The summed E-state index contributed by atoms with van der Waals surface area (Å²) in [7, 11) is 0. The fourth-order valence-electron chi connectivity index (χ4n) is 4.27. The van der Waals surface area contributed by atoms with Gasteiger partial charge in [0.1, 0.15) is 16.7 Å². The van der Waals surface area contributed by atoms with E-state index in [1.807, 2.05) is 49.4 Å². The number of hydrogen-bond donors (Lipinski definition) is 0. The number of hydrogen-bond acceptors (Lipinski definition) is 4. The van der Waals surface area contributed by atoms with Crippen molar-refractivity contribution >= 4 is 33.2 Å². The van der Waals surface area contributed by atoms with Gasteiger partial charge in [0.15, 0.2) is 11.3 Å². The van der Waals surface area contributed by atoms with E-state index in [-0.39, 0.29) is 11.6 Å². The lowest BCUT2D eigenvalue weighted by atomic mass is 10.1. The van der Waals surface area contributed by atoms with Crippen LogP contribution in [0.5, 0.6) is 0 Å². The number of rotatable bonds is 5. The van der Waals surface area contributed by atoms with Gasteiger partial charge in [-0.05, 0) is 44.4 Å². The third-order valence-electron chi connectivity index (χ3n) is 6.07. The summed E-state index contributed by atoms with van der Waals surface area (Å²) in [6.07, 6.45) is 1.68. The van der Waals surface area contributed by atoms with E-state index in [0.717, 1.165) is 35.3 Å². The molecular weight excluding hydrogens is 386 g/mol. The number of aryl methyl sites for hydroxylation is 3. The Morgan fingerprint density at radius 1 is 0.903 bits per heavy atom. The molecule has 156 valence electrons. The fraction of sp³-hybridized carbons (Fsp3) is 0.280. The highest BCUT2D eigenvalue weighted by Gasteiger charge is 2.22. The highest BCUT2D eigenvalue weighted by Crippen LogP contribution is 2.26. The standard InChI is InChI=1S/C25H25N5O/c1-4-16(2)30-17(3)26-23-21(25(30)31)22-24(28-20-13-9-8-12-19(20)27-22)29(23)15-14-18-10-6-5-7-11-18/h5-13,16H,4,14-15H2,1-3H3/t16-/m0/s1. The lowest BCUT2D eigenvalue weighted by Gasteiger charge is -2.16. The minimum absolute atomic E-state index is 0.0371. The molecule has 0 amide bonds. The van der Waals surface area contributed by atoms with E-state index < -0.39 is 0 Å². The lowest BCUT2D eigenvalue weighted by Crippen LogP contribution is -2.26. The fourth-order valence-corrected chi connectivity index (χ4v) is 4.27. The second-order valence-electron chi connectivity index (χ2n) is 8.06.